The molecular formula is C11H22INO. The van der Waals surface area contributed by atoms with Crippen molar-refractivity contribution in [2.75, 3.05) is 13.2 Å². The second-order valence-electron chi connectivity index (χ2n) is 5.74. The van der Waals surface area contributed by atoms with E-state index in [0.29, 0.717) is 12.1 Å². The third-order valence-corrected chi connectivity index (χ3v) is 3.60. The van der Waals surface area contributed by atoms with Gasteiger partial charge in [0.2, 0.25) is 0 Å². The van der Waals surface area contributed by atoms with Crippen LogP contribution in [0, 0.1) is 5.41 Å². The number of nitrogens with one attached hydrogen (secondary N) is 1. The molecule has 0 aromatic carbocycles. The van der Waals surface area contributed by atoms with Gasteiger partial charge in [0.05, 0.1) is 13.2 Å². The fraction of sp³-hybridized carbons (Fsp3) is 1.00. The Labute approximate surface area is 101 Å². The Morgan fingerprint density at radius 2 is 1.57 bits per heavy atom. The minimum atomic E-state index is 0.252. The van der Waals surface area contributed by atoms with E-state index < -0.39 is 0 Å². The molecule has 3 heteroatoms. The summed E-state index contributed by atoms with van der Waals surface area (Å²) < 4.78 is 5.93. The summed E-state index contributed by atoms with van der Waals surface area (Å²) in [7, 11) is 0. The van der Waals surface area contributed by atoms with E-state index in [2.05, 4.69) is 62.5 Å². The second-order valence-corrected chi connectivity index (χ2v) is 8.52. The van der Waals surface area contributed by atoms with Crippen molar-refractivity contribution in [2.45, 2.75) is 50.1 Å². The number of alkyl halides is 1. The molecule has 2 unspecified atom stereocenters. The zero-order chi connectivity index (χ0) is 11.0. The van der Waals surface area contributed by atoms with Crippen molar-refractivity contribution in [1.82, 2.24) is 5.32 Å². The van der Waals surface area contributed by atoms with E-state index in [1.54, 1.807) is 0 Å². The molecule has 84 valence electrons. The number of ether oxygens (including phenoxy) is 1. The van der Waals surface area contributed by atoms with Gasteiger partial charge in [0.1, 0.15) is 0 Å². The average molecular weight is 311 g/mol. The molecule has 0 spiro atoms. The monoisotopic (exact) mass is 311 g/mol. The van der Waals surface area contributed by atoms with Crippen molar-refractivity contribution in [1.29, 1.82) is 0 Å². The maximum Gasteiger partial charge on any atom is 0.0633 e. The molecule has 1 rings (SSSR count). The van der Waals surface area contributed by atoms with Gasteiger partial charge in [-0.25, -0.2) is 0 Å². The Morgan fingerprint density at radius 3 is 2.00 bits per heavy atom. The predicted octanol–water partition coefficient (Wildman–Crippen LogP) is 2.60. The molecule has 1 N–H and O–H groups in total. The summed E-state index contributed by atoms with van der Waals surface area (Å²) in [4.78, 5) is 0. The summed E-state index contributed by atoms with van der Waals surface area (Å²) in [6, 6.07) is 0.927. The number of morpholine rings is 1. The Morgan fingerprint density at radius 1 is 1.07 bits per heavy atom. The van der Waals surface area contributed by atoms with Crippen LogP contribution >= 0.6 is 22.6 Å². The Hall–Kier alpha value is 0.650. The standard InChI is InChI=1S/C11H22INO/c1-10(2,3)8-6-14-7-9(13-8)11(4,5)12/h8-9,13H,6-7H2,1-5H3. The van der Waals surface area contributed by atoms with Gasteiger partial charge in [0.15, 0.2) is 0 Å². The molecule has 1 saturated heterocycles. The molecule has 0 bridgehead atoms. The first kappa shape index (κ1) is 12.7. The van der Waals surface area contributed by atoms with Crippen molar-refractivity contribution in [3.05, 3.63) is 0 Å². The highest BCUT2D eigenvalue weighted by molar-refractivity contribution is 14.1. The van der Waals surface area contributed by atoms with E-state index in [0.717, 1.165) is 13.2 Å². The van der Waals surface area contributed by atoms with Gasteiger partial charge in [0, 0.05) is 15.5 Å². The van der Waals surface area contributed by atoms with E-state index in [1.165, 1.54) is 0 Å². The predicted molar refractivity (Wildman–Crippen MR) is 69.1 cm³/mol. The molecule has 1 aliphatic rings. The zero-order valence-corrected chi connectivity index (χ0v) is 12.0. The van der Waals surface area contributed by atoms with Crippen LogP contribution in [0.3, 0.4) is 0 Å². The SMILES string of the molecule is CC(C)(C)C1COCC(C(C)(C)I)N1. The molecule has 0 aliphatic carbocycles. The summed E-state index contributed by atoms with van der Waals surface area (Å²) in [5.74, 6) is 0. The maximum absolute atomic E-state index is 5.68. The second kappa shape index (κ2) is 4.26. The lowest BCUT2D eigenvalue weighted by molar-refractivity contribution is 0.00597. The minimum Gasteiger partial charge on any atom is -0.378 e. The highest BCUT2D eigenvalue weighted by Gasteiger charge is 2.36. The molecule has 2 nitrogen and oxygen atoms in total. The van der Waals surface area contributed by atoms with Gasteiger partial charge in [-0.05, 0) is 19.3 Å². The molecule has 0 saturated carbocycles. The van der Waals surface area contributed by atoms with Crippen molar-refractivity contribution in [2.24, 2.45) is 5.41 Å². The molecule has 1 aliphatic heterocycles. The first-order valence-corrected chi connectivity index (χ1v) is 6.32. The van der Waals surface area contributed by atoms with Gasteiger partial charge < -0.3 is 10.1 Å². The van der Waals surface area contributed by atoms with Crippen LogP contribution in [0.5, 0.6) is 0 Å². The lowest BCUT2D eigenvalue weighted by atomic mass is 9.85. The largest absolute Gasteiger partial charge is 0.378 e. The Kier molecular flexibility index (Phi) is 3.87. The fourth-order valence-corrected chi connectivity index (χ4v) is 1.90. The van der Waals surface area contributed by atoms with Gasteiger partial charge in [-0.2, -0.15) is 0 Å². The molecule has 0 amide bonds. The summed E-state index contributed by atoms with van der Waals surface area (Å²) >= 11 is 2.49. The van der Waals surface area contributed by atoms with Crippen LogP contribution in [0.2, 0.25) is 0 Å². The highest BCUT2D eigenvalue weighted by atomic mass is 127. The van der Waals surface area contributed by atoms with E-state index >= 15 is 0 Å². The number of halogens is 1. The van der Waals surface area contributed by atoms with Gasteiger partial charge in [-0.15, -0.1) is 0 Å². The van der Waals surface area contributed by atoms with Crippen LogP contribution in [0.25, 0.3) is 0 Å². The van der Waals surface area contributed by atoms with E-state index in [4.69, 9.17) is 4.74 Å². The normalized spacial score (nSPS) is 30.4. The van der Waals surface area contributed by atoms with Gasteiger partial charge in [-0.3, -0.25) is 0 Å². The number of hydrogen-bond acceptors (Lipinski definition) is 2. The summed E-state index contributed by atoms with van der Waals surface area (Å²) in [6.07, 6.45) is 0. The third-order valence-electron chi connectivity index (χ3n) is 2.85. The molecule has 2 atom stereocenters. The molecule has 14 heavy (non-hydrogen) atoms. The first-order valence-electron chi connectivity index (χ1n) is 5.24. The minimum absolute atomic E-state index is 0.252. The quantitative estimate of drug-likeness (QED) is 0.594. The van der Waals surface area contributed by atoms with Crippen LogP contribution in [0.1, 0.15) is 34.6 Å². The van der Waals surface area contributed by atoms with E-state index in [-0.39, 0.29) is 8.84 Å². The van der Waals surface area contributed by atoms with Gasteiger partial charge >= 0.3 is 0 Å². The molecular weight excluding hydrogens is 289 g/mol. The smallest absolute Gasteiger partial charge is 0.0633 e. The van der Waals surface area contributed by atoms with Gasteiger partial charge in [0.25, 0.3) is 0 Å². The lowest BCUT2D eigenvalue weighted by Crippen LogP contribution is -2.59. The van der Waals surface area contributed by atoms with Gasteiger partial charge in [-0.1, -0.05) is 43.4 Å². The fourth-order valence-electron chi connectivity index (χ4n) is 1.54. The van der Waals surface area contributed by atoms with Crippen LogP contribution in [-0.4, -0.2) is 28.7 Å². The number of rotatable bonds is 1. The lowest BCUT2D eigenvalue weighted by Gasteiger charge is -2.42. The summed E-state index contributed by atoms with van der Waals surface area (Å²) in [6.45, 7) is 13.0. The zero-order valence-electron chi connectivity index (χ0n) is 9.86. The van der Waals surface area contributed by atoms with E-state index in [1.807, 2.05) is 0 Å². The summed E-state index contributed by atoms with van der Waals surface area (Å²) in [5.41, 5.74) is 0.278. The molecule has 0 aromatic heterocycles. The maximum atomic E-state index is 5.68. The molecule has 0 aromatic rings. The van der Waals surface area contributed by atoms with Crippen molar-refractivity contribution < 1.29 is 4.74 Å². The van der Waals surface area contributed by atoms with Crippen LogP contribution < -0.4 is 5.32 Å². The first-order chi connectivity index (χ1) is 6.21. The molecule has 1 fully saturated rings. The Balaban J connectivity index is 2.61. The van der Waals surface area contributed by atoms with Crippen LogP contribution in [0.15, 0.2) is 0 Å². The third kappa shape index (κ3) is 3.35. The van der Waals surface area contributed by atoms with Crippen LogP contribution in [0.4, 0.5) is 0 Å². The molecule has 1 heterocycles. The Bertz CT molecular complexity index is 172. The average Bonchev–Trinajstić information content (AvgIpc) is 2.01. The van der Waals surface area contributed by atoms with Crippen molar-refractivity contribution in [3.63, 3.8) is 0 Å². The summed E-state index contributed by atoms with van der Waals surface area (Å²) in [5, 5.41) is 3.70. The highest BCUT2D eigenvalue weighted by Crippen LogP contribution is 2.28. The van der Waals surface area contributed by atoms with Crippen molar-refractivity contribution in [3.8, 4) is 0 Å². The van der Waals surface area contributed by atoms with Crippen molar-refractivity contribution >= 4 is 22.6 Å². The molecule has 0 radical (unpaired) electrons. The number of hydrogen-bond donors (Lipinski definition) is 1. The topological polar surface area (TPSA) is 21.3 Å². The van der Waals surface area contributed by atoms with E-state index in [9.17, 15) is 0 Å². The van der Waals surface area contributed by atoms with Crippen LogP contribution in [-0.2, 0) is 4.74 Å².